The molecule has 3 aromatic rings. The third kappa shape index (κ3) is 5.16. The van der Waals surface area contributed by atoms with Crippen LogP contribution in [0, 0.1) is 5.82 Å². The summed E-state index contributed by atoms with van der Waals surface area (Å²) in [7, 11) is 0. The van der Waals surface area contributed by atoms with E-state index in [1.807, 2.05) is 18.2 Å². The lowest BCUT2D eigenvalue weighted by atomic mass is 10.0. The Labute approximate surface area is 181 Å². The van der Waals surface area contributed by atoms with Crippen LogP contribution in [0.3, 0.4) is 0 Å². The topological polar surface area (TPSA) is 52.7 Å². The van der Waals surface area contributed by atoms with Gasteiger partial charge in [0.15, 0.2) is 5.78 Å². The van der Waals surface area contributed by atoms with E-state index in [4.69, 9.17) is 0 Å². The second-order valence-electron chi connectivity index (χ2n) is 7.53. The molecule has 1 heterocycles. The van der Waals surface area contributed by atoms with E-state index in [1.54, 1.807) is 48.5 Å². The van der Waals surface area contributed by atoms with Crippen molar-refractivity contribution in [2.75, 3.05) is 42.9 Å². The molecule has 1 N–H and O–H groups in total. The van der Waals surface area contributed by atoms with Crippen LogP contribution in [0.15, 0.2) is 78.9 Å². The number of hydrogen-bond acceptors (Lipinski definition) is 4. The van der Waals surface area contributed by atoms with E-state index in [1.165, 1.54) is 12.1 Å². The number of para-hydroxylation sites is 1. The Hall–Kier alpha value is -3.51. The molecule has 1 aliphatic heterocycles. The van der Waals surface area contributed by atoms with Gasteiger partial charge in [0, 0.05) is 43.0 Å². The van der Waals surface area contributed by atoms with Crippen LogP contribution in [-0.4, -0.2) is 49.3 Å². The smallest absolute Gasteiger partial charge is 0.238 e. The molecule has 1 saturated heterocycles. The lowest BCUT2D eigenvalue weighted by Crippen LogP contribution is -2.48. The van der Waals surface area contributed by atoms with Gasteiger partial charge in [0.1, 0.15) is 5.82 Å². The number of rotatable bonds is 6. The van der Waals surface area contributed by atoms with Gasteiger partial charge in [-0.25, -0.2) is 4.39 Å². The minimum atomic E-state index is -0.245. The first-order valence-corrected chi connectivity index (χ1v) is 10.3. The monoisotopic (exact) mass is 417 g/mol. The normalized spacial score (nSPS) is 14.3. The molecule has 0 bridgehead atoms. The van der Waals surface area contributed by atoms with Gasteiger partial charge in [-0.2, -0.15) is 0 Å². The molecule has 1 fully saturated rings. The minimum Gasteiger partial charge on any atom is -0.369 e. The van der Waals surface area contributed by atoms with Crippen LogP contribution < -0.4 is 10.2 Å². The van der Waals surface area contributed by atoms with Crippen LogP contribution in [0.1, 0.15) is 15.9 Å². The summed E-state index contributed by atoms with van der Waals surface area (Å²) in [6, 6.07) is 22.6. The maximum Gasteiger partial charge on any atom is 0.238 e. The fourth-order valence-electron chi connectivity index (χ4n) is 3.74. The third-order valence-corrected chi connectivity index (χ3v) is 5.41. The highest BCUT2D eigenvalue weighted by Crippen LogP contribution is 2.20. The number of nitrogens with one attached hydrogen (secondary N) is 1. The number of nitrogens with zero attached hydrogens (tertiary/aromatic N) is 2. The highest BCUT2D eigenvalue weighted by molar-refractivity contribution is 6.13. The van der Waals surface area contributed by atoms with Gasteiger partial charge in [-0.1, -0.05) is 42.5 Å². The Morgan fingerprint density at radius 1 is 0.806 bits per heavy atom. The molecule has 0 aromatic heterocycles. The molecular formula is C25H24FN3O2. The standard InChI is InChI=1S/C25H24FN3O2/c26-20-10-12-21(13-11-20)29-16-14-28(15-17-29)18-24(30)27-23-9-5-4-8-22(23)25(31)19-6-2-1-3-7-19/h1-13H,14-18H2,(H,27,30). The number of benzene rings is 3. The number of carbonyl (C=O) groups excluding carboxylic acids is 2. The molecule has 0 atom stereocenters. The van der Waals surface area contributed by atoms with Crippen LogP contribution in [0.5, 0.6) is 0 Å². The predicted molar refractivity (Wildman–Crippen MR) is 120 cm³/mol. The van der Waals surface area contributed by atoms with Crippen LogP contribution in [0.25, 0.3) is 0 Å². The van der Waals surface area contributed by atoms with Gasteiger partial charge in [0.25, 0.3) is 0 Å². The molecule has 0 saturated carbocycles. The van der Waals surface area contributed by atoms with Gasteiger partial charge in [0.2, 0.25) is 5.91 Å². The van der Waals surface area contributed by atoms with Gasteiger partial charge in [-0.05, 0) is 36.4 Å². The number of halogens is 1. The van der Waals surface area contributed by atoms with Crippen molar-refractivity contribution in [3.8, 4) is 0 Å². The zero-order valence-corrected chi connectivity index (χ0v) is 17.1. The van der Waals surface area contributed by atoms with Crippen LogP contribution in [-0.2, 0) is 4.79 Å². The first-order chi connectivity index (χ1) is 15.1. The van der Waals surface area contributed by atoms with E-state index in [0.717, 1.165) is 31.9 Å². The van der Waals surface area contributed by atoms with E-state index in [2.05, 4.69) is 15.1 Å². The molecule has 6 heteroatoms. The summed E-state index contributed by atoms with van der Waals surface area (Å²) in [6.07, 6.45) is 0. The number of hydrogen-bond donors (Lipinski definition) is 1. The lowest BCUT2D eigenvalue weighted by molar-refractivity contribution is -0.117. The Morgan fingerprint density at radius 2 is 1.45 bits per heavy atom. The van der Waals surface area contributed by atoms with Crippen molar-refractivity contribution in [1.82, 2.24) is 4.90 Å². The molecule has 31 heavy (non-hydrogen) atoms. The summed E-state index contributed by atoms with van der Waals surface area (Å²) in [4.78, 5) is 29.8. The number of amides is 1. The van der Waals surface area contributed by atoms with Gasteiger partial charge >= 0.3 is 0 Å². The Balaban J connectivity index is 1.35. The fraction of sp³-hybridized carbons (Fsp3) is 0.200. The Morgan fingerprint density at radius 3 is 2.16 bits per heavy atom. The largest absolute Gasteiger partial charge is 0.369 e. The summed E-state index contributed by atoms with van der Waals surface area (Å²) in [6.45, 7) is 3.25. The van der Waals surface area contributed by atoms with Gasteiger partial charge in [-0.15, -0.1) is 0 Å². The molecular weight excluding hydrogens is 393 g/mol. The molecule has 0 spiro atoms. The van der Waals surface area contributed by atoms with Crippen molar-refractivity contribution in [1.29, 1.82) is 0 Å². The van der Waals surface area contributed by atoms with Crippen molar-refractivity contribution in [3.05, 3.63) is 95.8 Å². The van der Waals surface area contributed by atoms with Crippen molar-refractivity contribution in [2.45, 2.75) is 0 Å². The zero-order valence-electron chi connectivity index (χ0n) is 17.1. The summed E-state index contributed by atoms with van der Waals surface area (Å²) < 4.78 is 13.1. The molecule has 0 unspecified atom stereocenters. The summed E-state index contributed by atoms with van der Waals surface area (Å²) in [5, 5.41) is 2.90. The van der Waals surface area contributed by atoms with Crippen molar-refractivity contribution >= 4 is 23.1 Å². The number of piperazine rings is 1. The van der Waals surface area contributed by atoms with Crippen molar-refractivity contribution < 1.29 is 14.0 Å². The maximum atomic E-state index is 13.1. The second-order valence-corrected chi connectivity index (χ2v) is 7.53. The summed E-state index contributed by atoms with van der Waals surface area (Å²) in [5.74, 6) is -0.516. The molecule has 5 nitrogen and oxygen atoms in total. The van der Waals surface area contributed by atoms with E-state index in [9.17, 15) is 14.0 Å². The highest BCUT2D eigenvalue weighted by atomic mass is 19.1. The van der Waals surface area contributed by atoms with Crippen LogP contribution in [0.2, 0.25) is 0 Å². The van der Waals surface area contributed by atoms with Crippen LogP contribution >= 0.6 is 0 Å². The van der Waals surface area contributed by atoms with Crippen LogP contribution in [0.4, 0.5) is 15.8 Å². The first kappa shape index (κ1) is 20.8. The Kier molecular flexibility index (Phi) is 6.38. The second kappa shape index (κ2) is 9.53. The summed E-state index contributed by atoms with van der Waals surface area (Å²) >= 11 is 0. The van der Waals surface area contributed by atoms with E-state index in [0.29, 0.717) is 16.8 Å². The molecule has 3 aromatic carbocycles. The number of anilines is 2. The predicted octanol–water partition coefficient (Wildman–Crippen LogP) is 3.82. The minimum absolute atomic E-state index is 0.121. The SMILES string of the molecule is O=C(CN1CCN(c2ccc(F)cc2)CC1)Nc1ccccc1C(=O)c1ccccc1. The van der Waals surface area contributed by atoms with E-state index in [-0.39, 0.29) is 24.1 Å². The fourth-order valence-corrected chi connectivity index (χ4v) is 3.74. The molecule has 1 aliphatic rings. The van der Waals surface area contributed by atoms with E-state index >= 15 is 0 Å². The van der Waals surface area contributed by atoms with Gasteiger partial charge in [-0.3, -0.25) is 14.5 Å². The molecule has 0 radical (unpaired) electrons. The van der Waals surface area contributed by atoms with Crippen molar-refractivity contribution in [3.63, 3.8) is 0 Å². The molecule has 158 valence electrons. The van der Waals surface area contributed by atoms with E-state index < -0.39 is 0 Å². The van der Waals surface area contributed by atoms with Gasteiger partial charge < -0.3 is 10.2 Å². The average Bonchev–Trinajstić information content (AvgIpc) is 2.81. The molecule has 0 aliphatic carbocycles. The van der Waals surface area contributed by atoms with Gasteiger partial charge in [0.05, 0.1) is 12.2 Å². The average molecular weight is 417 g/mol. The maximum absolute atomic E-state index is 13.1. The molecule has 4 rings (SSSR count). The highest BCUT2D eigenvalue weighted by Gasteiger charge is 2.20. The first-order valence-electron chi connectivity index (χ1n) is 10.3. The number of ketones is 1. The molecule has 1 amide bonds. The summed E-state index contributed by atoms with van der Waals surface area (Å²) in [5.41, 5.74) is 2.56. The lowest BCUT2D eigenvalue weighted by Gasteiger charge is -2.35. The third-order valence-electron chi connectivity index (χ3n) is 5.41. The Bertz CT molecular complexity index is 1050. The quantitative estimate of drug-likeness (QED) is 0.620. The zero-order chi connectivity index (χ0) is 21.6. The number of carbonyl (C=O) groups is 2. The van der Waals surface area contributed by atoms with Crippen molar-refractivity contribution in [2.24, 2.45) is 0 Å².